The third kappa shape index (κ3) is 6.02. The largest absolute Gasteiger partial charge is 0.288 e. The van der Waals surface area contributed by atoms with E-state index in [1.54, 1.807) is 6.07 Å². The summed E-state index contributed by atoms with van der Waals surface area (Å²) in [5.41, 5.74) is 1.66. The highest BCUT2D eigenvalue weighted by atomic mass is 32.2. The fourth-order valence-electron chi connectivity index (χ4n) is 1.45. The molecule has 0 bridgehead atoms. The molecule has 1 rings (SSSR count). The lowest BCUT2D eigenvalue weighted by Crippen LogP contribution is -2.02. The molecule has 0 aliphatic heterocycles. The summed E-state index contributed by atoms with van der Waals surface area (Å²) in [4.78, 5) is 10.8. The maximum Gasteiger partial charge on any atom is 0.186 e. The molecular formula is C13H16O3S2. The van der Waals surface area contributed by atoms with Gasteiger partial charge in [0.1, 0.15) is 0 Å². The van der Waals surface area contributed by atoms with E-state index < -0.39 is 9.84 Å². The van der Waals surface area contributed by atoms with Crippen molar-refractivity contribution in [2.45, 2.75) is 12.7 Å². The van der Waals surface area contributed by atoms with Crippen LogP contribution in [0.4, 0.5) is 0 Å². The number of rotatable bonds is 5. The van der Waals surface area contributed by atoms with Crippen LogP contribution in [0.1, 0.15) is 18.1 Å². The zero-order valence-electron chi connectivity index (χ0n) is 10.4. The minimum Gasteiger partial charge on any atom is -0.288 e. The number of hydrogen-bond acceptors (Lipinski definition) is 4. The van der Waals surface area contributed by atoms with Gasteiger partial charge in [0, 0.05) is 18.9 Å². The van der Waals surface area contributed by atoms with Gasteiger partial charge in [-0.1, -0.05) is 48.2 Å². The Morgan fingerprint density at radius 2 is 2.00 bits per heavy atom. The van der Waals surface area contributed by atoms with Crippen LogP contribution in [-0.2, 0) is 20.4 Å². The normalized spacial score (nSPS) is 11.9. The maximum absolute atomic E-state index is 11.3. The molecule has 0 amide bonds. The summed E-state index contributed by atoms with van der Waals surface area (Å²) in [5.74, 6) is 0.635. The second-order valence-corrected chi connectivity index (χ2v) is 7.31. The number of thioether (sulfide) groups is 1. The first-order valence-corrected chi connectivity index (χ1v) is 8.48. The van der Waals surface area contributed by atoms with Crippen molar-refractivity contribution in [3.05, 3.63) is 41.5 Å². The van der Waals surface area contributed by atoms with E-state index >= 15 is 0 Å². The summed E-state index contributed by atoms with van der Waals surface area (Å²) in [7, 11) is -3.04. The molecule has 0 aromatic heterocycles. The van der Waals surface area contributed by atoms with Gasteiger partial charge < -0.3 is 0 Å². The molecule has 0 atom stereocenters. The SMILES string of the molecule is CC(=O)SCC=Cc1ccccc1CS(C)(=O)=O. The molecule has 0 radical (unpaired) electrons. The monoisotopic (exact) mass is 284 g/mol. The molecule has 0 aliphatic rings. The fraction of sp³-hybridized carbons (Fsp3) is 0.308. The fourth-order valence-corrected chi connectivity index (χ4v) is 2.71. The van der Waals surface area contributed by atoms with E-state index in [1.807, 2.05) is 30.4 Å². The molecule has 5 heteroatoms. The predicted octanol–water partition coefficient (Wildman–Crippen LogP) is 2.52. The van der Waals surface area contributed by atoms with Gasteiger partial charge in [0.2, 0.25) is 0 Å². The quantitative estimate of drug-likeness (QED) is 0.833. The predicted molar refractivity (Wildman–Crippen MR) is 77.2 cm³/mol. The summed E-state index contributed by atoms with van der Waals surface area (Å²) in [5, 5.41) is 0.0732. The van der Waals surface area contributed by atoms with Gasteiger partial charge in [-0.2, -0.15) is 0 Å². The van der Waals surface area contributed by atoms with Crippen LogP contribution in [0.3, 0.4) is 0 Å². The van der Waals surface area contributed by atoms with Crippen molar-refractivity contribution in [1.82, 2.24) is 0 Å². The van der Waals surface area contributed by atoms with Crippen LogP contribution in [-0.4, -0.2) is 25.5 Å². The molecule has 1 aromatic rings. The minimum atomic E-state index is -3.04. The van der Waals surface area contributed by atoms with Crippen LogP contribution in [0.2, 0.25) is 0 Å². The third-order valence-corrected chi connectivity index (χ3v) is 3.75. The number of carbonyl (C=O) groups excluding carboxylic acids is 1. The van der Waals surface area contributed by atoms with Gasteiger partial charge in [-0.3, -0.25) is 4.79 Å². The average molecular weight is 284 g/mol. The van der Waals surface area contributed by atoms with Gasteiger partial charge in [0.15, 0.2) is 15.0 Å². The summed E-state index contributed by atoms with van der Waals surface area (Å²) in [6.45, 7) is 1.52. The van der Waals surface area contributed by atoms with E-state index in [0.717, 1.165) is 11.1 Å². The first-order chi connectivity index (χ1) is 8.38. The molecule has 1 aromatic carbocycles. The molecule has 0 saturated heterocycles. The topological polar surface area (TPSA) is 51.2 Å². The molecule has 0 spiro atoms. The van der Waals surface area contributed by atoms with E-state index in [9.17, 15) is 13.2 Å². The number of benzene rings is 1. The summed E-state index contributed by atoms with van der Waals surface area (Å²) < 4.78 is 22.6. The van der Waals surface area contributed by atoms with Gasteiger partial charge in [-0.05, 0) is 11.1 Å². The number of carbonyl (C=O) groups is 1. The highest BCUT2D eigenvalue weighted by Gasteiger charge is 2.06. The van der Waals surface area contributed by atoms with E-state index in [4.69, 9.17) is 0 Å². The Labute approximate surface area is 112 Å². The van der Waals surface area contributed by atoms with Crippen molar-refractivity contribution in [3.8, 4) is 0 Å². The molecule has 3 nitrogen and oxygen atoms in total. The van der Waals surface area contributed by atoms with E-state index in [1.165, 1.54) is 24.9 Å². The van der Waals surface area contributed by atoms with Crippen LogP contribution < -0.4 is 0 Å². The molecule has 0 aliphatic carbocycles. The van der Waals surface area contributed by atoms with Crippen LogP contribution in [0, 0.1) is 0 Å². The third-order valence-electron chi connectivity index (χ3n) is 2.15. The Balaban J connectivity index is 2.79. The zero-order chi connectivity index (χ0) is 13.6. The van der Waals surface area contributed by atoms with Crippen LogP contribution in [0.5, 0.6) is 0 Å². The maximum atomic E-state index is 11.3. The van der Waals surface area contributed by atoms with Gasteiger partial charge in [0.05, 0.1) is 5.75 Å². The van der Waals surface area contributed by atoms with Gasteiger partial charge in [0.25, 0.3) is 0 Å². The second-order valence-electron chi connectivity index (χ2n) is 3.97. The molecule has 18 heavy (non-hydrogen) atoms. The molecule has 0 fully saturated rings. The standard InChI is InChI=1S/C13H16O3S2/c1-11(14)17-9-5-8-12-6-3-4-7-13(12)10-18(2,15)16/h3-8H,9-10H2,1-2H3. The second kappa shape index (κ2) is 6.75. The first-order valence-electron chi connectivity index (χ1n) is 5.44. The van der Waals surface area contributed by atoms with Crippen molar-refractivity contribution < 1.29 is 13.2 Å². The molecular weight excluding hydrogens is 268 g/mol. The zero-order valence-corrected chi connectivity index (χ0v) is 12.1. The number of hydrogen-bond donors (Lipinski definition) is 0. The Hall–Kier alpha value is -1.07. The van der Waals surface area contributed by atoms with Crippen molar-refractivity contribution >= 4 is 32.8 Å². The molecule has 98 valence electrons. The highest BCUT2D eigenvalue weighted by Crippen LogP contribution is 2.14. The minimum absolute atomic E-state index is 0.0351. The molecule has 0 saturated carbocycles. The van der Waals surface area contributed by atoms with E-state index in [-0.39, 0.29) is 10.9 Å². The van der Waals surface area contributed by atoms with E-state index in [0.29, 0.717) is 5.75 Å². The van der Waals surface area contributed by atoms with Crippen molar-refractivity contribution in [1.29, 1.82) is 0 Å². The lowest BCUT2D eigenvalue weighted by Gasteiger charge is -2.04. The van der Waals surface area contributed by atoms with Gasteiger partial charge >= 0.3 is 0 Å². The van der Waals surface area contributed by atoms with Crippen LogP contribution >= 0.6 is 11.8 Å². The van der Waals surface area contributed by atoms with Crippen molar-refractivity contribution in [2.24, 2.45) is 0 Å². The van der Waals surface area contributed by atoms with Gasteiger partial charge in [-0.25, -0.2) is 8.42 Å². The van der Waals surface area contributed by atoms with Crippen molar-refractivity contribution in [2.75, 3.05) is 12.0 Å². The number of sulfone groups is 1. The van der Waals surface area contributed by atoms with Crippen LogP contribution in [0.25, 0.3) is 6.08 Å². The lowest BCUT2D eigenvalue weighted by atomic mass is 10.1. The molecule has 0 unspecified atom stereocenters. The first kappa shape index (κ1) is 15.0. The van der Waals surface area contributed by atoms with Gasteiger partial charge in [-0.15, -0.1) is 0 Å². The van der Waals surface area contributed by atoms with Crippen molar-refractivity contribution in [3.63, 3.8) is 0 Å². The lowest BCUT2D eigenvalue weighted by molar-refractivity contribution is -0.109. The molecule has 0 N–H and O–H groups in total. The summed E-state index contributed by atoms with van der Waals surface area (Å²) >= 11 is 1.23. The Morgan fingerprint density at radius 3 is 2.61 bits per heavy atom. The Bertz CT molecular complexity index is 545. The Morgan fingerprint density at radius 1 is 1.33 bits per heavy atom. The summed E-state index contributed by atoms with van der Waals surface area (Å²) in [6.07, 6.45) is 4.95. The average Bonchev–Trinajstić information content (AvgIpc) is 2.24. The highest BCUT2D eigenvalue weighted by molar-refractivity contribution is 8.13. The van der Waals surface area contributed by atoms with Crippen LogP contribution in [0.15, 0.2) is 30.3 Å². The van der Waals surface area contributed by atoms with E-state index in [2.05, 4.69) is 0 Å². The molecule has 0 heterocycles. The summed E-state index contributed by atoms with van der Waals surface area (Å²) in [6, 6.07) is 7.36. The Kier molecular flexibility index (Phi) is 5.62. The smallest absolute Gasteiger partial charge is 0.186 e.